The topological polar surface area (TPSA) is 54.9 Å². The van der Waals surface area contributed by atoms with Crippen molar-refractivity contribution in [2.45, 2.75) is 20.3 Å². The molecule has 6 nitrogen and oxygen atoms in total. The van der Waals surface area contributed by atoms with E-state index in [1.807, 2.05) is 51.4 Å². The van der Waals surface area contributed by atoms with Crippen molar-refractivity contribution in [1.82, 2.24) is 9.88 Å². The lowest BCUT2D eigenvalue weighted by atomic mass is 10.1. The number of benzene rings is 2. The summed E-state index contributed by atoms with van der Waals surface area (Å²) in [6.07, 6.45) is 0.863. The minimum atomic E-state index is -0.0223. The van der Waals surface area contributed by atoms with Gasteiger partial charge in [-0.2, -0.15) is 0 Å². The Morgan fingerprint density at radius 2 is 1.83 bits per heavy atom. The van der Waals surface area contributed by atoms with Crippen molar-refractivity contribution in [1.29, 1.82) is 0 Å². The number of anilines is 1. The molecule has 2 heterocycles. The summed E-state index contributed by atoms with van der Waals surface area (Å²) in [5.74, 6) is 1.41. The highest BCUT2D eigenvalue weighted by Gasteiger charge is 2.23. The van der Waals surface area contributed by atoms with E-state index in [9.17, 15) is 4.79 Å². The predicted octanol–water partition coefficient (Wildman–Crippen LogP) is 4.24. The first-order chi connectivity index (χ1) is 13.9. The Morgan fingerprint density at radius 1 is 1.07 bits per heavy atom. The summed E-state index contributed by atoms with van der Waals surface area (Å²) in [5.41, 5.74) is 3.79. The lowest BCUT2D eigenvalue weighted by Gasteiger charge is -2.21. The molecule has 2 aromatic carbocycles. The summed E-state index contributed by atoms with van der Waals surface area (Å²) < 4.78 is 11.9. The van der Waals surface area contributed by atoms with Crippen molar-refractivity contribution in [2.75, 3.05) is 38.9 Å². The molecule has 0 N–H and O–H groups in total. The second-order valence-electron chi connectivity index (χ2n) is 7.58. The van der Waals surface area contributed by atoms with Gasteiger partial charge in [0.1, 0.15) is 0 Å². The zero-order valence-corrected chi connectivity index (χ0v) is 18.0. The minimum Gasteiger partial charge on any atom is -0.454 e. The van der Waals surface area contributed by atoms with Gasteiger partial charge in [0, 0.05) is 24.2 Å². The molecule has 0 unspecified atom stereocenters. The minimum absolute atomic E-state index is 0.0223. The maximum Gasteiger partial charge on any atom is 0.260 e. The largest absolute Gasteiger partial charge is 0.454 e. The van der Waals surface area contributed by atoms with E-state index < -0.39 is 0 Å². The number of aryl methyl sites for hydroxylation is 2. The Morgan fingerprint density at radius 3 is 2.55 bits per heavy atom. The van der Waals surface area contributed by atoms with Gasteiger partial charge in [-0.25, -0.2) is 4.98 Å². The quantitative estimate of drug-likeness (QED) is 0.607. The van der Waals surface area contributed by atoms with Crippen LogP contribution in [0.15, 0.2) is 30.3 Å². The number of carbonyl (C=O) groups excluding carboxylic acids is 1. The van der Waals surface area contributed by atoms with Crippen LogP contribution in [0.3, 0.4) is 0 Å². The molecule has 0 saturated carbocycles. The molecule has 1 aliphatic rings. The zero-order chi connectivity index (χ0) is 20.5. The summed E-state index contributed by atoms with van der Waals surface area (Å²) in [6.45, 7) is 5.83. The summed E-state index contributed by atoms with van der Waals surface area (Å²) in [4.78, 5) is 22.1. The van der Waals surface area contributed by atoms with Gasteiger partial charge in [0.05, 0.1) is 10.2 Å². The predicted molar refractivity (Wildman–Crippen MR) is 117 cm³/mol. The fraction of sp³-hybridized carbons (Fsp3) is 0.364. The Labute approximate surface area is 174 Å². The van der Waals surface area contributed by atoms with Crippen LogP contribution in [0.5, 0.6) is 11.5 Å². The van der Waals surface area contributed by atoms with E-state index in [0.717, 1.165) is 34.5 Å². The third kappa shape index (κ3) is 4.06. The van der Waals surface area contributed by atoms with E-state index >= 15 is 0 Å². The lowest BCUT2D eigenvalue weighted by molar-refractivity contribution is 0.0986. The van der Waals surface area contributed by atoms with Crippen molar-refractivity contribution in [3.8, 4) is 11.5 Å². The van der Waals surface area contributed by atoms with E-state index in [2.05, 4.69) is 11.8 Å². The Bertz CT molecular complexity index is 1020. The first-order valence-corrected chi connectivity index (χ1v) is 10.5. The molecule has 152 valence electrons. The number of nitrogens with zero attached hydrogens (tertiary/aromatic N) is 3. The molecular weight excluding hydrogens is 386 g/mol. The SMILES string of the molecule is Cc1ccc(C(=O)N(CCCN(C)C)c2nc3cc4c(cc3s2)OCO4)cc1C. The molecule has 1 amide bonds. The van der Waals surface area contributed by atoms with Crippen LogP contribution in [0.2, 0.25) is 0 Å². The smallest absolute Gasteiger partial charge is 0.260 e. The molecule has 0 saturated heterocycles. The molecule has 0 fully saturated rings. The molecule has 1 aliphatic heterocycles. The second kappa shape index (κ2) is 8.00. The fourth-order valence-corrected chi connectivity index (χ4v) is 4.28. The molecule has 1 aromatic heterocycles. The summed E-state index contributed by atoms with van der Waals surface area (Å²) in [7, 11) is 4.07. The zero-order valence-electron chi connectivity index (χ0n) is 17.2. The normalized spacial score (nSPS) is 12.7. The van der Waals surface area contributed by atoms with Crippen LogP contribution in [0.4, 0.5) is 5.13 Å². The summed E-state index contributed by atoms with van der Waals surface area (Å²) in [6, 6.07) is 9.68. The van der Waals surface area contributed by atoms with Crippen LogP contribution in [0.25, 0.3) is 10.2 Å². The van der Waals surface area contributed by atoms with E-state index in [0.29, 0.717) is 23.0 Å². The molecule has 7 heteroatoms. The highest BCUT2D eigenvalue weighted by atomic mass is 32.1. The number of rotatable bonds is 6. The average Bonchev–Trinajstić information content (AvgIpc) is 3.30. The van der Waals surface area contributed by atoms with Crippen LogP contribution in [-0.4, -0.2) is 49.8 Å². The van der Waals surface area contributed by atoms with Gasteiger partial charge in [-0.05, 0) is 64.2 Å². The number of hydrogen-bond acceptors (Lipinski definition) is 6. The van der Waals surface area contributed by atoms with Gasteiger partial charge < -0.3 is 14.4 Å². The number of aromatic nitrogens is 1. The highest BCUT2D eigenvalue weighted by molar-refractivity contribution is 7.22. The number of carbonyl (C=O) groups is 1. The first-order valence-electron chi connectivity index (χ1n) is 9.66. The third-order valence-corrected chi connectivity index (χ3v) is 6.13. The Hall–Kier alpha value is -2.64. The average molecular weight is 412 g/mol. The molecule has 0 spiro atoms. The van der Waals surface area contributed by atoms with Crippen molar-refractivity contribution < 1.29 is 14.3 Å². The molecule has 0 atom stereocenters. The van der Waals surface area contributed by atoms with E-state index in [1.54, 1.807) is 4.90 Å². The van der Waals surface area contributed by atoms with Gasteiger partial charge in [-0.3, -0.25) is 9.69 Å². The number of hydrogen-bond donors (Lipinski definition) is 0. The summed E-state index contributed by atoms with van der Waals surface area (Å²) in [5, 5.41) is 0.700. The van der Waals surface area contributed by atoms with Crippen LogP contribution < -0.4 is 14.4 Å². The maximum absolute atomic E-state index is 13.4. The van der Waals surface area contributed by atoms with Crippen LogP contribution >= 0.6 is 11.3 Å². The van der Waals surface area contributed by atoms with Gasteiger partial charge >= 0.3 is 0 Å². The number of thiazole rings is 1. The van der Waals surface area contributed by atoms with Gasteiger partial charge in [0.15, 0.2) is 16.6 Å². The highest BCUT2D eigenvalue weighted by Crippen LogP contribution is 2.40. The molecule has 0 aliphatic carbocycles. The monoisotopic (exact) mass is 411 g/mol. The molecule has 4 rings (SSSR count). The number of ether oxygens (including phenoxy) is 2. The lowest BCUT2D eigenvalue weighted by Crippen LogP contribution is -2.33. The van der Waals surface area contributed by atoms with E-state index in [4.69, 9.17) is 14.5 Å². The first kappa shape index (κ1) is 19.7. The van der Waals surface area contributed by atoms with Crippen molar-refractivity contribution in [3.05, 3.63) is 47.0 Å². The van der Waals surface area contributed by atoms with Crippen molar-refractivity contribution >= 4 is 32.6 Å². The van der Waals surface area contributed by atoms with E-state index in [1.165, 1.54) is 16.9 Å². The summed E-state index contributed by atoms with van der Waals surface area (Å²) >= 11 is 1.51. The van der Waals surface area contributed by atoms with Crippen molar-refractivity contribution in [3.63, 3.8) is 0 Å². The Balaban J connectivity index is 1.68. The van der Waals surface area contributed by atoms with Crippen LogP contribution in [0.1, 0.15) is 27.9 Å². The molecule has 3 aromatic rings. The van der Waals surface area contributed by atoms with Gasteiger partial charge in [-0.1, -0.05) is 17.4 Å². The number of amides is 1. The Kier molecular flexibility index (Phi) is 5.43. The van der Waals surface area contributed by atoms with Gasteiger partial charge in [0.25, 0.3) is 5.91 Å². The molecule has 0 radical (unpaired) electrons. The molecule has 29 heavy (non-hydrogen) atoms. The van der Waals surface area contributed by atoms with Crippen molar-refractivity contribution in [2.24, 2.45) is 0 Å². The van der Waals surface area contributed by atoms with Gasteiger partial charge in [-0.15, -0.1) is 0 Å². The second-order valence-corrected chi connectivity index (χ2v) is 8.59. The van der Waals surface area contributed by atoms with Crippen LogP contribution in [-0.2, 0) is 0 Å². The number of fused-ring (bicyclic) bond motifs is 2. The van der Waals surface area contributed by atoms with Crippen LogP contribution in [0, 0.1) is 13.8 Å². The van der Waals surface area contributed by atoms with E-state index in [-0.39, 0.29) is 12.7 Å². The third-order valence-electron chi connectivity index (χ3n) is 5.09. The standard InChI is InChI=1S/C22H25N3O3S/c1-14-6-7-16(10-15(14)2)21(26)25(9-5-8-24(3)4)22-23-17-11-18-19(28-13-27-18)12-20(17)29-22/h6-7,10-12H,5,8-9,13H2,1-4H3. The maximum atomic E-state index is 13.4. The fourth-order valence-electron chi connectivity index (χ4n) is 3.28. The molecular formula is C22H25N3O3S. The molecule has 0 bridgehead atoms. The van der Waals surface area contributed by atoms with Gasteiger partial charge in [0.2, 0.25) is 6.79 Å².